The largest absolute Gasteiger partial charge is 0.409 e. The molecule has 1 aromatic carbocycles. The summed E-state index contributed by atoms with van der Waals surface area (Å²) in [7, 11) is 0. The molecule has 0 aliphatic heterocycles. The molecular weight excluding hydrogens is 222 g/mol. The Bertz CT molecular complexity index is 428. The van der Waals surface area contributed by atoms with Crippen LogP contribution in [0.3, 0.4) is 0 Å². The third-order valence-corrected chi connectivity index (χ3v) is 2.47. The summed E-state index contributed by atoms with van der Waals surface area (Å²) in [6.45, 7) is 5.18. The average molecular weight is 237 g/mol. The molecule has 0 radical (unpaired) electrons. The zero-order valence-electron chi connectivity index (χ0n) is 9.83. The predicted octanol–water partition coefficient (Wildman–Crippen LogP) is 2.07. The van der Waals surface area contributed by atoms with Crippen molar-refractivity contribution in [2.45, 2.75) is 13.8 Å². The lowest BCUT2D eigenvalue weighted by Gasteiger charge is -2.21. The third kappa shape index (κ3) is 2.93. The Balaban J connectivity index is 3.13. The third-order valence-electron chi connectivity index (χ3n) is 2.47. The molecule has 0 saturated heterocycles. The van der Waals surface area contributed by atoms with Crippen molar-refractivity contribution in [2.24, 2.45) is 5.16 Å². The average Bonchev–Trinajstić information content (AvgIpc) is 2.35. The van der Waals surface area contributed by atoms with Crippen LogP contribution in [0.25, 0.3) is 0 Å². The van der Waals surface area contributed by atoms with Crippen LogP contribution in [0.2, 0.25) is 0 Å². The fraction of sp³-hybridized carbons (Fsp3) is 0.364. The summed E-state index contributed by atoms with van der Waals surface area (Å²) in [6, 6.07) is 6.05. The second kappa shape index (κ2) is 5.83. The van der Waals surface area contributed by atoms with E-state index in [9.17, 15) is 10.1 Å². The first-order valence-electron chi connectivity index (χ1n) is 5.35. The quantitative estimate of drug-likeness (QED) is 0.286. The van der Waals surface area contributed by atoms with Gasteiger partial charge in [0, 0.05) is 30.8 Å². The van der Waals surface area contributed by atoms with Crippen molar-refractivity contribution in [3.63, 3.8) is 0 Å². The van der Waals surface area contributed by atoms with E-state index in [2.05, 4.69) is 5.16 Å². The number of non-ortho nitro benzene ring substituents is 1. The number of hydrogen-bond acceptors (Lipinski definition) is 4. The van der Waals surface area contributed by atoms with Crippen LogP contribution in [0.15, 0.2) is 29.4 Å². The van der Waals surface area contributed by atoms with Crippen LogP contribution >= 0.6 is 0 Å². The van der Waals surface area contributed by atoms with Gasteiger partial charge in [0.25, 0.3) is 5.69 Å². The van der Waals surface area contributed by atoms with E-state index in [1.807, 2.05) is 18.7 Å². The van der Waals surface area contributed by atoms with E-state index in [1.165, 1.54) is 12.1 Å². The Labute approximate surface area is 99.3 Å². The van der Waals surface area contributed by atoms with Crippen molar-refractivity contribution >= 4 is 11.5 Å². The number of nitro benzene ring substituents is 1. The van der Waals surface area contributed by atoms with Gasteiger partial charge in [-0.1, -0.05) is 17.3 Å². The summed E-state index contributed by atoms with van der Waals surface area (Å²) in [5.74, 6) is 0.346. The smallest absolute Gasteiger partial charge is 0.270 e. The molecule has 0 amide bonds. The molecule has 1 aromatic rings. The molecule has 0 atom stereocenters. The fourth-order valence-electron chi connectivity index (χ4n) is 1.59. The molecule has 17 heavy (non-hydrogen) atoms. The maximum atomic E-state index is 10.7. The number of hydrogen-bond donors (Lipinski definition) is 1. The fourth-order valence-corrected chi connectivity index (χ4v) is 1.59. The summed E-state index contributed by atoms with van der Waals surface area (Å²) in [5.41, 5.74) is 0.515. The molecule has 6 heteroatoms. The molecule has 1 rings (SSSR count). The van der Waals surface area contributed by atoms with Crippen LogP contribution in [0, 0.1) is 10.1 Å². The zero-order valence-corrected chi connectivity index (χ0v) is 9.83. The van der Waals surface area contributed by atoms with Gasteiger partial charge in [-0.2, -0.15) is 0 Å². The number of rotatable bonds is 4. The van der Waals surface area contributed by atoms with Gasteiger partial charge in [-0.05, 0) is 13.8 Å². The lowest BCUT2D eigenvalue weighted by Crippen LogP contribution is -2.31. The van der Waals surface area contributed by atoms with Gasteiger partial charge in [-0.3, -0.25) is 10.1 Å². The second-order valence-electron chi connectivity index (χ2n) is 3.40. The summed E-state index contributed by atoms with van der Waals surface area (Å²) in [5, 5.41) is 22.9. The van der Waals surface area contributed by atoms with Crippen LogP contribution in [0.1, 0.15) is 19.4 Å². The monoisotopic (exact) mass is 237 g/mol. The SMILES string of the molecule is CCN(CC)/C(=N/O)c1cccc([N+](=O)[O-])c1. The molecule has 0 aliphatic carbocycles. The summed E-state index contributed by atoms with van der Waals surface area (Å²) in [4.78, 5) is 12.0. The van der Waals surface area contributed by atoms with Crippen molar-refractivity contribution < 1.29 is 10.1 Å². The van der Waals surface area contributed by atoms with Crippen molar-refractivity contribution in [2.75, 3.05) is 13.1 Å². The van der Waals surface area contributed by atoms with Gasteiger partial charge in [-0.15, -0.1) is 0 Å². The van der Waals surface area contributed by atoms with Gasteiger partial charge >= 0.3 is 0 Å². The highest BCUT2D eigenvalue weighted by molar-refractivity contribution is 5.98. The number of nitrogens with zero attached hydrogens (tertiary/aromatic N) is 3. The molecule has 0 unspecified atom stereocenters. The van der Waals surface area contributed by atoms with Crippen LogP contribution in [-0.4, -0.2) is 34.0 Å². The topological polar surface area (TPSA) is 79.0 Å². The molecule has 0 aromatic heterocycles. The Morgan fingerprint density at radius 3 is 2.59 bits per heavy atom. The summed E-state index contributed by atoms with van der Waals surface area (Å²) in [6.07, 6.45) is 0. The molecule has 0 saturated carbocycles. The van der Waals surface area contributed by atoms with Crippen molar-refractivity contribution in [1.82, 2.24) is 4.90 Å². The van der Waals surface area contributed by atoms with Gasteiger partial charge in [0.1, 0.15) is 0 Å². The highest BCUT2D eigenvalue weighted by Gasteiger charge is 2.14. The minimum absolute atomic E-state index is 0.0178. The Morgan fingerprint density at radius 1 is 1.47 bits per heavy atom. The first-order valence-corrected chi connectivity index (χ1v) is 5.35. The molecular formula is C11H15N3O3. The van der Waals surface area contributed by atoms with E-state index in [4.69, 9.17) is 5.21 Å². The molecule has 0 spiro atoms. The first-order chi connectivity index (χ1) is 8.13. The molecule has 0 aliphatic rings. The molecule has 6 nitrogen and oxygen atoms in total. The minimum atomic E-state index is -0.472. The lowest BCUT2D eigenvalue weighted by molar-refractivity contribution is -0.384. The van der Waals surface area contributed by atoms with E-state index in [1.54, 1.807) is 12.1 Å². The van der Waals surface area contributed by atoms with E-state index in [0.29, 0.717) is 24.5 Å². The highest BCUT2D eigenvalue weighted by atomic mass is 16.6. The highest BCUT2D eigenvalue weighted by Crippen LogP contribution is 2.15. The molecule has 0 fully saturated rings. The number of benzene rings is 1. The van der Waals surface area contributed by atoms with Crippen molar-refractivity contribution in [1.29, 1.82) is 0 Å². The van der Waals surface area contributed by atoms with Crippen LogP contribution in [0.5, 0.6) is 0 Å². The van der Waals surface area contributed by atoms with Gasteiger partial charge in [-0.25, -0.2) is 0 Å². The summed E-state index contributed by atoms with van der Waals surface area (Å²) >= 11 is 0. The lowest BCUT2D eigenvalue weighted by atomic mass is 10.1. The van der Waals surface area contributed by atoms with Gasteiger partial charge in [0.05, 0.1) is 4.92 Å². The predicted molar refractivity (Wildman–Crippen MR) is 64.3 cm³/mol. The Kier molecular flexibility index (Phi) is 4.45. The van der Waals surface area contributed by atoms with E-state index < -0.39 is 4.92 Å². The molecule has 1 N–H and O–H groups in total. The van der Waals surface area contributed by atoms with Gasteiger partial charge in [0.15, 0.2) is 5.84 Å². The number of oxime groups is 1. The standard InChI is InChI=1S/C11H15N3O3/c1-3-13(4-2)11(12-15)9-6-5-7-10(8-9)14(16)17/h5-8,15H,3-4H2,1-2H3/b12-11+. The van der Waals surface area contributed by atoms with Crippen LogP contribution in [-0.2, 0) is 0 Å². The van der Waals surface area contributed by atoms with Crippen LogP contribution < -0.4 is 0 Å². The zero-order chi connectivity index (χ0) is 12.8. The maximum Gasteiger partial charge on any atom is 0.270 e. The molecule has 92 valence electrons. The first kappa shape index (κ1) is 13.0. The molecule has 0 heterocycles. The van der Waals surface area contributed by atoms with Crippen LogP contribution in [0.4, 0.5) is 5.69 Å². The Hall–Kier alpha value is -2.11. The van der Waals surface area contributed by atoms with E-state index >= 15 is 0 Å². The summed E-state index contributed by atoms with van der Waals surface area (Å²) < 4.78 is 0. The minimum Gasteiger partial charge on any atom is -0.409 e. The maximum absolute atomic E-state index is 10.7. The normalized spacial score (nSPS) is 11.3. The second-order valence-corrected chi connectivity index (χ2v) is 3.40. The van der Waals surface area contributed by atoms with Gasteiger partial charge in [0.2, 0.25) is 0 Å². The number of nitro groups is 1. The molecule has 0 bridgehead atoms. The number of amidine groups is 1. The Morgan fingerprint density at radius 2 is 2.12 bits per heavy atom. The van der Waals surface area contributed by atoms with Crippen molar-refractivity contribution in [3.8, 4) is 0 Å². The van der Waals surface area contributed by atoms with E-state index in [-0.39, 0.29) is 5.69 Å². The van der Waals surface area contributed by atoms with E-state index in [0.717, 1.165) is 0 Å². The van der Waals surface area contributed by atoms with Crippen molar-refractivity contribution in [3.05, 3.63) is 39.9 Å². The van der Waals surface area contributed by atoms with Gasteiger partial charge < -0.3 is 10.1 Å².